The Morgan fingerprint density at radius 3 is 1.74 bits per heavy atom. The molecule has 0 radical (unpaired) electrons. The first kappa shape index (κ1) is 26.9. The highest BCUT2D eigenvalue weighted by atomic mass is 15.0. The van der Waals surface area contributed by atoms with Crippen molar-refractivity contribution in [2.24, 2.45) is 0 Å². The van der Waals surface area contributed by atoms with E-state index in [1.807, 2.05) is 18.2 Å². The Bertz CT molecular complexity index is 2190. The molecule has 2 aromatic heterocycles. The third kappa shape index (κ3) is 4.37. The van der Waals surface area contributed by atoms with Crippen LogP contribution in [0.15, 0.2) is 103 Å². The van der Waals surface area contributed by atoms with Crippen LogP contribution in [0.1, 0.15) is 58.2 Å². The second-order valence-electron chi connectivity index (χ2n) is 13.7. The zero-order valence-corrected chi connectivity index (χ0v) is 25.7. The molecule has 0 spiro atoms. The molecule has 7 rings (SSSR count). The van der Waals surface area contributed by atoms with Gasteiger partial charge < -0.3 is 4.57 Å². The topological polar surface area (TPSA) is 41.6 Å². The molecule has 0 amide bonds. The van der Waals surface area contributed by atoms with E-state index < -0.39 is 0 Å². The monoisotopic (exact) mass is 557 g/mol. The average Bonchev–Trinajstić information content (AvgIpc) is 3.32. The maximum Gasteiger partial charge on any atom is 0.101 e. The summed E-state index contributed by atoms with van der Waals surface area (Å²) in [6.45, 7) is 13.7. The Morgan fingerprint density at radius 2 is 1.14 bits per heavy atom. The smallest absolute Gasteiger partial charge is 0.101 e. The van der Waals surface area contributed by atoms with Crippen LogP contribution in [0.5, 0.6) is 0 Å². The summed E-state index contributed by atoms with van der Waals surface area (Å²) in [5.41, 5.74) is 10.0. The number of rotatable bonds is 2. The Morgan fingerprint density at radius 1 is 0.581 bits per heavy atom. The molecule has 210 valence electrons. The molecule has 0 N–H and O–H groups in total. The molecule has 5 aromatic carbocycles. The lowest BCUT2D eigenvalue weighted by molar-refractivity contribution is 0.590. The molecule has 3 nitrogen and oxygen atoms in total. The standard InChI is InChI=1S/C40H35N3/c1-39(2,3)26-16-18-37-33(21-26)34-22-27(40(4,5)6)17-19-38(34)43(37)36-15-9-12-29-28(10-7-13-31(29)36)30-11-8-14-35-32(30)20-25(23-41)24-42-35/h7-22,24H,1-6H3. The Kier molecular flexibility index (Phi) is 5.98. The molecule has 0 unspecified atom stereocenters. The number of fused-ring (bicyclic) bond motifs is 5. The van der Waals surface area contributed by atoms with Crippen LogP contribution in [-0.2, 0) is 10.8 Å². The maximum atomic E-state index is 9.58. The molecule has 0 aliphatic carbocycles. The minimum absolute atomic E-state index is 0.0529. The van der Waals surface area contributed by atoms with E-state index >= 15 is 0 Å². The van der Waals surface area contributed by atoms with E-state index in [1.54, 1.807) is 6.20 Å². The van der Waals surface area contributed by atoms with E-state index in [-0.39, 0.29) is 10.8 Å². The van der Waals surface area contributed by atoms with E-state index in [1.165, 1.54) is 43.7 Å². The fraction of sp³-hybridized carbons (Fsp3) is 0.200. The van der Waals surface area contributed by atoms with Gasteiger partial charge in [-0.1, -0.05) is 96.1 Å². The normalized spacial score (nSPS) is 12.4. The molecule has 7 aromatic rings. The van der Waals surface area contributed by atoms with Crippen molar-refractivity contribution < 1.29 is 0 Å². The van der Waals surface area contributed by atoms with Gasteiger partial charge in [-0.05, 0) is 80.9 Å². The molecule has 0 aliphatic heterocycles. The lowest BCUT2D eigenvalue weighted by Crippen LogP contribution is -2.10. The molecule has 0 aliphatic rings. The van der Waals surface area contributed by atoms with Gasteiger partial charge in [0, 0.05) is 27.7 Å². The Labute approximate surface area is 253 Å². The van der Waals surface area contributed by atoms with Crippen molar-refractivity contribution in [1.29, 1.82) is 5.26 Å². The second kappa shape index (κ2) is 9.54. The number of nitrogens with zero attached hydrogens (tertiary/aromatic N) is 3. The summed E-state index contributed by atoms with van der Waals surface area (Å²) in [5, 5.41) is 15.5. The average molecular weight is 558 g/mol. The van der Waals surface area contributed by atoms with Crippen LogP contribution in [0.25, 0.3) is 60.3 Å². The molecular weight excluding hydrogens is 522 g/mol. The van der Waals surface area contributed by atoms with Crippen molar-refractivity contribution in [2.75, 3.05) is 0 Å². The van der Waals surface area contributed by atoms with Gasteiger partial charge >= 0.3 is 0 Å². The minimum Gasteiger partial charge on any atom is -0.309 e. The van der Waals surface area contributed by atoms with E-state index in [4.69, 9.17) is 0 Å². The lowest BCUT2D eigenvalue weighted by Gasteiger charge is -2.19. The SMILES string of the molecule is CC(C)(C)c1ccc2c(c1)c1cc(C(C)(C)C)ccc1n2-c1cccc2c(-c3cccc4ncc(C#N)cc34)cccc12. The Balaban J connectivity index is 1.55. The third-order valence-corrected chi connectivity index (χ3v) is 8.78. The highest BCUT2D eigenvalue weighted by Crippen LogP contribution is 2.41. The molecule has 0 atom stereocenters. The first-order valence-electron chi connectivity index (χ1n) is 15.0. The van der Waals surface area contributed by atoms with Crippen LogP contribution in [0.3, 0.4) is 0 Å². The molecule has 3 heteroatoms. The number of pyridine rings is 1. The van der Waals surface area contributed by atoms with Crippen molar-refractivity contribution in [2.45, 2.75) is 52.4 Å². The molecule has 0 bridgehead atoms. The van der Waals surface area contributed by atoms with Crippen molar-refractivity contribution in [3.63, 3.8) is 0 Å². The molecule has 0 fully saturated rings. The number of hydrogen-bond donors (Lipinski definition) is 0. The zero-order valence-electron chi connectivity index (χ0n) is 25.7. The first-order chi connectivity index (χ1) is 20.5. The van der Waals surface area contributed by atoms with E-state index in [0.29, 0.717) is 5.56 Å². The molecular formula is C40H35N3. The highest BCUT2D eigenvalue weighted by Gasteiger charge is 2.22. The summed E-state index contributed by atoms with van der Waals surface area (Å²) in [6.07, 6.45) is 1.64. The fourth-order valence-electron chi connectivity index (χ4n) is 6.38. The van der Waals surface area contributed by atoms with Crippen molar-refractivity contribution in [3.8, 4) is 22.9 Å². The van der Waals surface area contributed by atoms with Gasteiger partial charge in [-0.15, -0.1) is 0 Å². The van der Waals surface area contributed by atoms with Crippen LogP contribution < -0.4 is 0 Å². The van der Waals surface area contributed by atoms with Crippen molar-refractivity contribution in [3.05, 3.63) is 120 Å². The fourth-order valence-corrected chi connectivity index (χ4v) is 6.38. The first-order valence-corrected chi connectivity index (χ1v) is 15.0. The van der Waals surface area contributed by atoms with Crippen LogP contribution in [-0.4, -0.2) is 9.55 Å². The predicted molar refractivity (Wildman–Crippen MR) is 181 cm³/mol. The van der Waals surface area contributed by atoms with Crippen LogP contribution in [0, 0.1) is 11.3 Å². The van der Waals surface area contributed by atoms with Crippen molar-refractivity contribution in [1.82, 2.24) is 9.55 Å². The van der Waals surface area contributed by atoms with Gasteiger partial charge in [0.25, 0.3) is 0 Å². The van der Waals surface area contributed by atoms with Crippen LogP contribution in [0.4, 0.5) is 0 Å². The summed E-state index contributed by atoms with van der Waals surface area (Å²) in [4.78, 5) is 4.57. The van der Waals surface area contributed by atoms with E-state index in [2.05, 4.69) is 136 Å². The summed E-state index contributed by atoms with van der Waals surface area (Å²) in [5.74, 6) is 0. The third-order valence-electron chi connectivity index (χ3n) is 8.78. The summed E-state index contributed by atoms with van der Waals surface area (Å²) < 4.78 is 2.44. The lowest BCUT2D eigenvalue weighted by atomic mass is 9.85. The zero-order chi connectivity index (χ0) is 30.1. The summed E-state index contributed by atoms with van der Waals surface area (Å²) in [6, 6.07) is 37.5. The quantitative estimate of drug-likeness (QED) is 0.212. The summed E-state index contributed by atoms with van der Waals surface area (Å²) >= 11 is 0. The molecule has 0 saturated heterocycles. The van der Waals surface area contributed by atoms with Gasteiger partial charge in [0.2, 0.25) is 0 Å². The van der Waals surface area contributed by atoms with Crippen LogP contribution >= 0.6 is 0 Å². The number of hydrogen-bond acceptors (Lipinski definition) is 2. The largest absolute Gasteiger partial charge is 0.309 e. The maximum absolute atomic E-state index is 9.58. The minimum atomic E-state index is 0.0529. The second-order valence-corrected chi connectivity index (χ2v) is 13.7. The van der Waals surface area contributed by atoms with Gasteiger partial charge in [-0.2, -0.15) is 5.26 Å². The molecule has 43 heavy (non-hydrogen) atoms. The van der Waals surface area contributed by atoms with Gasteiger partial charge in [0.05, 0.1) is 27.8 Å². The van der Waals surface area contributed by atoms with Gasteiger partial charge in [0.1, 0.15) is 6.07 Å². The van der Waals surface area contributed by atoms with Crippen LogP contribution in [0.2, 0.25) is 0 Å². The highest BCUT2D eigenvalue weighted by molar-refractivity contribution is 6.12. The van der Waals surface area contributed by atoms with E-state index in [0.717, 1.165) is 27.7 Å². The summed E-state index contributed by atoms with van der Waals surface area (Å²) in [7, 11) is 0. The molecule has 0 saturated carbocycles. The number of aromatic nitrogens is 2. The van der Waals surface area contributed by atoms with Gasteiger partial charge in [-0.25, -0.2) is 0 Å². The van der Waals surface area contributed by atoms with Gasteiger partial charge in [0.15, 0.2) is 0 Å². The number of nitriles is 1. The van der Waals surface area contributed by atoms with Crippen molar-refractivity contribution >= 4 is 43.5 Å². The number of benzene rings is 5. The Hall–Kier alpha value is -4.94. The predicted octanol–water partition coefficient (Wildman–Crippen LogP) is 10.6. The molecule has 2 heterocycles. The van der Waals surface area contributed by atoms with Gasteiger partial charge in [-0.3, -0.25) is 4.98 Å². The van der Waals surface area contributed by atoms with E-state index in [9.17, 15) is 5.26 Å².